The summed E-state index contributed by atoms with van der Waals surface area (Å²) in [5, 5.41) is 2.93. The van der Waals surface area contributed by atoms with Crippen LogP contribution in [0.25, 0.3) is 0 Å². The molecule has 0 radical (unpaired) electrons. The number of rotatable bonds is 7. The van der Waals surface area contributed by atoms with Gasteiger partial charge in [-0.2, -0.15) is 0 Å². The fourth-order valence-corrected chi connectivity index (χ4v) is 3.67. The third-order valence-corrected chi connectivity index (χ3v) is 5.77. The van der Waals surface area contributed by atoms with Crippen molar-refractivity contribution in [1.29, 1.82) is 0 Å². The van der Waals surface area contributed by atoms with Gasteiger partial charge in [-0.3, -0.25) is 4.79 Å². The zero-order chi connectivity index (χ0) is 22.4. The fourth-order valence-electron chi connectivity index (χ4n) is 3.67. The van der Waals surface area contributed by atoms with Crippen molar-refractivity contribution >= 4 is 23.3 Å². The number of hydrogen-bond donors (Lipinski definition) is 1. The molecule has 3 rings (SSSR count). The van der Waals surface area contributed by atoms with Crippen LogP contribution in [0.1, 0.15) is 28.4 Å². The summed E-state index contributed by atoms with van der Waals surface area (Å²) < 4.78 is 10.6. The Morgan fingerprint density at radius 2 is 1.81 bits per heavy atom. The van der Waals surface area contributed by atoms with E-state index < -0.39 is 5.97 Å². The van der Waals surface area contributed by atoms with Gasteiger partial charge in [-0.25, -0.2) is 4.79 Å². The van der Waals surface area contributed by atoms with Crippen molar-refractivity contribution < 1.29 is 19.1 Å². The van der Waals surface area contributed by atoms with E-state index in [9.17, 15) is 9.59 Å². The quantitative estimate of drug-likeness (QED) is 0.687. The SMILES string of the molecule is CCN1CCN(c2ccc(C(=O)OC)cc2NC(=O)COc2cccc(C)c2C)CC1. The van der Waals surface area contributed by atoms with Crippen LogP contribution < -0.4 is 15.0 Å². The molecule has 0 saturated carbocycles. The Hall–Kier alpha value is -3.06. The summed E-state index contributed by atoms with van der Waals surface area (Å²) in [6.45, 7) is 10.7. The van der Waals surface area contributed by atoms with Crippen LogP contribution in [0.4, 0.5) is 11.4 Å². The molecule has 2 aromatic carbocycles. The summed E-state index contributed by atoms with van der Waals surface area (Å²) in [6, 6.07) is 11.0. The molecule has 1 heterocycles. The first kappa shape index (κ1) is 22.6. The molecule has 1 amide bonds. The number of anilines is 2. The van der Waals surface area contributed by atoms with E-state index in [0.717, 1.165) is 49.5 Å². The molecular weight excluding hydrogens is 394 g/mol. The van der Waals surface area contributed by atoms with Crippen LogP contribution in [0.5, 0.6) is 5.75 Å². The maximum absolute atomic E-state index is 12.7. The predicted molar refractivity (Wildman–Crippen MR) is 122 cm³/mol. The number of nitrogens with zero attached hydrogens (tertiary/aromatic N) is 2. The second-order valence-electron chi connectivity index (χ2n) is 7.68. The molecule has 166 valence electrons. The summed E-state index contributed by atoms with van der Waals surface area (Å²) in [5.41, 5.74) is 3.99. The molecule has 1 saturated heterocycles. The number of carbonyl (C=O) groups excluding carboxylic acids is 2. The highest BCUT2D eigenvalue weighted by molar-refractivity contribution is 5.98. The lowest BCUT2D eigenvalue weighted by molar-refractivity contribution is -0.118. The third kappa shape index (κ3) is 5.55. The molecule has 0 aliphatic carbocycles. The van der Waals surface area contributed by atoms with Crippen molar-refractivity contribution in [2.24, 2.45) is 0 Å². The van der Waals surface area contributed by atoms with Gasteiger partial charge >= 0.3 is 5.97 Å². The normalized spacial score (nSPS) is 14.3. The average molecular weight is 426 g/mol. The van der Waals surface area contributed by atoms with Crippen molar-refractivity contribution in [3.63, 3.8) is 0 Å². The Kier molecular flexibility index (Phi) is 7.52. The molecule has 0 atom stereocenters. The van der Waals surface area contributed by atoms with E-state index in [4.69, 9.17) is 9.47 Å². The highest BCUT2D eigenvalue weighted by Crippen LogP contribution is 2.29. The lowest BCUT2D eigenvalue weighted by atomic mass is 10.1. The number of likely N-dealkylation sites (N-methyl/N-ethyl adjacent to an activating group) is 1. The number of esters is 1. The van der Waals surface area contributed by atoms with E-state index >= 15 is 0 Å². The Morgan fingerprint density at radius 1 is 1.06 bits per heavy atom. The summed E-state index contributed by atoms with van der Waals surface area (Å²) in [5.74, 6) is -0.0322. The monoisotopic (exact) mass is 425 g/mol. The molecule has 7 nitrogen and oxygen atoms in total. The molecule has 1 aliphatic rings. The van der Waals surface area contributed by atoms with Crippen molar-refractivity contribution in [2.45, 2.75) is 20.8 Å². The van der Waals surface area contributed by atoms with Crippen LogP contribution in [0.15, 0.2) is 36.4 Å². The van der Waals surface area contributed by atoms with E-state index in [-0.39, 0.29) is 12.5 Å². The van der Waals surface area contributed by atoms with Crippen molar-refractivity contribution in [3.05, 3.63) is 53.1 Å². The topological polar surface area (TPSA) is 71.1 Å². The Morgan fingerprint density at radius 3 is 2.48 bits per heavy atom. The number of aryl methyl sites for hydroxylation is 1. The summed E-state index contributed by atoms with van der Waals surface area (Å²) in [7, 11) is 1.34. The number of amides is 1. The molecule has 1 fully saturated rings. The second-order valence-corrected chi connectivity index (χ2v) is 7.68. The van der Waals surface area contributed by atoms with Crippen molar-refractivity contribution in [3.8, 4) is 5.75 Å². The van der Waals surface area contributed by atoms with Crippen LogP contribution in [0.3, 0.4) is 0 Å². The maximum atomic E-state index is 12.7. The maximum Gasteiger partial charge on any atom is 0.337 e. The largest absolute Gasteiger partial charge is 0.483 e. The fraction of sp³-hybridized carbons (Fsp3) is 0.417. The minimum absolute atomic E-state index is 0.115. The van der Waals surface area contributed by atoms with Gasteiger partial charge < -0.3 is 24.6 Å². The van der Waals surface area contributed by atoms with Gasteiger partial charge in [-0.05, 0) is 55.8 Å². The zero-order valence-corrected chi connectivity index (χ0v) is 18.7. The molecule has 2 aromatic rings. The first-order valence-electron chi connectivity index (χ1n) is 10.6. The lowest BCUT2D eigenvalue weighted by Crippen LogP contribution is -2.46. The number of nitrogens with one attached hydrogen (secondary N) is 1. The molecule has 0 unspecified atom stereocenters. The van der Waals surface area contributed by atoms with E-state index in [1.54, 1.807) is 12.1 Å². The Labute approximate surface area is 183 Å². The van der Waals surface area contributed by atoms with Gasteiger partial charge in [0.25, 0.3) is 5.91 Å². The number of benzene rings is 2. The minimum atomic E-state index is -0.440. The Balaban J connectivity index is 1.76. The molecule has 31 heavy (non-hydrogen) atoms. The lowest BCUT2D eigenvalue weighted by Gasteiger charge is -2.36. The van der Waals surface area contributed by atoms with E-state index in [2.05, 4.69) is 22.0 Å². The number of carbonyl (C=O) groups is 2. The molecular formula is C24H31N3O4. The third-order valence-electron chi connectivity index (χ3n) is 5.77. The van der Waals surface area contributed by atoms with Gasteiger partial charge in [0.15, 0.2) is 6.61 Å². The molecule has 0 spiro atoms. The van der Waals surface area contributed by atoms with Crippen molar-refractivity contribution in [1.82, 2.24) is 4.90 Å². The summed E-state index contributed by atoms with van der Waals surface area (Å²) >= 11 is 0. The van der Waals surface area contributed by atoms with E-state index in [0.29, 0.717) is 17.0 Å². The van der Waals surface area contributed by atoms with Crippen LogP contribution in [-0.2, 0) is 9.53 Å². The first-order valence-corrected chi connectivity index (χ1v) is 10.6. The number of methoxy groups -OCH3 is 1. The summed E-state index contributed by atoms with van der Waals surface area (Å²) in [6.07, 6.45) is 0. The van der Waals surface area contributed by atoms with Crippen molar-refractivity contribution in [2.75, 3.05) is 56.7 Å². The number of piperazine rings is 1. The van der Waals surface area contributed by atoms with Gasteiger partial charge in [0.1, 0.15) is 5.75 Å². The Bertz CT molecular complexity index is 936. The van der Waals surface area contributed by atoms with Gasteiger partial charge in [0.05, 0.1) is 24.0 Å². The molecule has 7 heteroatoms. The predicted octanol–water partition coefficient (Wildman–Crippen LogP) is 3.25. The highest BCUT2D eigenvalue weighted by atomic mass is 16.5. The van der Waals surface area contributed by atoms with Gasteiger partial charge in [-0.1, -0.05) is 19.1 Å². The van der Waals surface area contributed by atoms with Crippen LogP contribution in [0.2, 0.25) is 0 Å². The number of ether oxygens (including phenoxy) is 2. The van der Waals surface area contributed by atoms with Gasteiger partial charge in [0, 0.05) is 26.2 Å². The molecule has 1 aliphatic heterocycles. The smallest absolute Gasteiger partial charge is 0.337 e. The van der Waals surface area contributed by atoms with Gasteiger partial charge in [-0.15, -0.1) is 0 Å². The molecule has 1 N–H and O–H groups in total. The minimum Gasteiger partial charge on any atom is -0.483 e. The standard InChI is InChI=1S/C24H31N3O4/c1-5-26-11-13-27(14-12-26)21-10-9-19(24(29)30-4)15-20(21)25-23(28)16-31-22-8-6-7-17(2)18(22)3/h6-10,15H,5,11-14,16H2,1-4H3,(H,25,28). The van der Waals surface area contributed by atoms with Crippen LogP contribution >= 0.6 is 0 Å². The average Bonchev–Trinajstić information content (AvgIpc) is 2.79. The highest BCUT2D eigenvalue weighted by Gasteiger charge is 2.21. The second kappa shape index (κ2) is 10.3. The first-order chi connectivity index (χ1) is 14.9. The number of hydrogen-bond acceptors (Lipinski definition) is 6. The molecule has 0 bridgehead atoms. The zero-order valence-electron chi connectivity index (χ0n) is 18.7. The summed E-state index contributed by atoms with van der Waals surface area (Å²) in [4.78, 5) is 29.3. The van der Waals surface area contributed by atoms with Crippen LogP contribution in [0, 0.1) is 13.8 Å². The van der Waals surface area contributed by atoms with Crippen LogP contribution in [-0.4, -0.2) is 63.2 Å². The molecule has 0 aromatic heterocycles. The van der Waals surface area contributed by atoms with E-state index in [1.165, 1.54) is 7.11 Å². The van der Waals surface area contributed by atoms with E-state index in [1.807, 2.05) is 38.1 Å². The van der Waals surface area contributed by atoms with Gasteiger partial charge in [0.2, 0.25) is 0 Å².